The van der Waals surface area contributed by atoms with E-state index < -0.39 is 0 Å². The molecule has 2 rings (SSSR count). The molecule has 0 aromatic heterocycles. The van der Waals surface area contributed by atoms with Crippen LogP contribution in [0.3, 0.4) is 0 Å². The maximum absolute atomic E-state index is 12.1. The predicted octanol–water partition coefficient (Wildman–Crippen LogP) is 4.51. The molecule has 1 saturated carbocycles. The average molecular weight is 326 g/mol. The summed E-state index contributed by atoms with van der Waals surface area (Å²) >= 11 is 7.60. The highest BCUT2D eigenvalue weighted by atomic mass is 35.5. The summed E-state index contributed by atoms with van der Waals surface area (Å²) < 4.78 is 0. The largest absolute Gasteiger partial charge is 0.352 e. The third-order valence-corrected chi connectivity index (χ3v) is 5.68. The van der Waals surface area contributed by atoms with Crippen LogP contribution in [0, 0.1) is 11.8 Å². The van der Waals surface area contributed by atoms with Crippen molar-refractivity contribution >= 4 is 29.3 Å². The summed E-state index contributed by atoms with van der Waals surface area (Å²) in [6, 6.07) is 8.17. The van der Waals surface area contributed by atoms with E-state index in [1.165, 1.54) is 18.4 Å². The number of hydrogen-bond acceptors (Lipinski definition) is 2. The molecule has 1 aliphatic rings. The van der Waals surface area contributed by atoms with Crippen molar-refractivity contribution in [2.24, 2.45) is 11.8 Å². The second-order valence-corrected chi connectivity index (χ2v) is 7.49. The Hall–Kier alpha value is -0.670. The van der Waals surface area contributed by atoms with E-state index in [-0.39, 0.29) is 5.91 Å². The highest BCUT2D eigenvalue weighted by molar-refractivity contribution is 7.99. The molecule has 4 heteroatoms. The Morgan fingerprint density at radius 2 is 2.19 bits per heavy atom. The summed E-state index contributed by atoms with van der Waals surface area (Å²) in [6.07, 6.45) is 3.64. The number of thioether (sulfide) groups is 1. The van der Waals surface area contributed by atoms with E-state index in [4.69, 9.17) is 11.6 Å². The SMILES string of the molecule is CC1CCCC(NC(=O)CSCc2cccc(Cl)c2)C1C. The van der Waals surface area contributed by atoms with Crippen LogP contribution in [-0.2, 0) is 10.5 Å². The van der Waals surface area contributed by atoms with E-state index >= 15 is 0 Å². The highest BCUT2D eigenvalue weighted by Crippen LogP contribution is 2.29. The number of nitrogens with one attached hydrogen (secondary N) is 1. The van der Waals surface area contributed by atoms with Gasteiger partial charge in [0.1, 0.15) is 0 Å². The Kier molecular flexibility index (Phi) is 6.43. The minimum atomic E-state index is 0.160. The van der Waals surface area contributed by atoms with Gasteiger partial charge in [-0.3, -0.25) is 4.79 Å². The van der Waals surface area contributed by atoms with Crippen molar-refractivity contribution < 1.29 is 4.79 Å². The minimum Gasteiger partial charge on any atom is -0.352 e. The molecule has 116 valence electrons. The zero-order chi connectivity index (χ0) is 15.2. The Morgan fingerprint density at radius 3 is 2.95 bits per heavy atom. The molecular weight excluding hydrogens is 302 g/mol. The molecule has 3 unspecified atom stereocenters. The van der Waals surface area contributed by atoms with Gasteiger partial charge in [-0.15, -0.1) is 11.8 Å². The van der Waals surface area contributed by atoms with Crippen LogP contribution in [0.15, 0.2) is 24.3 Å². The van der Waals surface area contributed by atoms with E-state index in [9.17, 15) is 4.79 Å². The van der Waals surface area contributed by atoms with Crippen LogP contribution in [0.2, 0.25) is 5.02 Å². The molecule has 0 heterocycles. The van der Waals surface area contributed by atoms with Gasteiger partial charge in [0.15, 0.2) is 0 Å². The standard InChI is InChI=1S/C17H24ClNOS/c1-12-5-3-8-16(13(12)2)19-17(20)11-21-10-14-6-4-7-15(18)9-14/h4,6-7,9,12-13,16H,3,5,8,10-11H2,1-2H3,(H,19,20). The van der Waals surface area contributed by atoms with E-state index in [1.807, 2.05) is 24.3 Å². The number of rotatable bonds is 5. The first kappa shape index (κ1) is 16.7. The fourth-order valence-electron chi connectivity index (χ4n) is 2.92. The second kappa shape index (κ2) is 8.09. The monoisotopic (exact) mass is 325 g/mol. The Balaban J connectivity index is 1.72. The topological polar surface area (TPSA) is 29.1 Å². The molecule has 1 aromatic carbocycles. The number of hydrogen-bond donors (Lipinski definition) is 1. The number of halogens is 1. The lowest BCUT2D eigenvalue weighted by Gasteiger charge is -2.34. The zero-order valence-corrected chi connectivity index (χ0v) is 14.3. The van der Waals surface area contributed by atoms with Crippen molar-refractivity contribution in [1.29, 1.82) is 0 Å². The van der Waals surface area contributed by atoms with Crippen molar-refractivity contribution in [1.82, 2.24) is 5.32 Å². The molecule has 0 aliphatic heterocycles. The maximum atomic E-state index is 12.1. The molecule has 1 aliphatic carbocycles. The third kappa shape index (κ3) is 5.23. The van der Waals surface area contributed by atoms with Gasteiger partial charge in [0.2, 0.25) is 5.91 Å². The van der Waals surface area contributed by atoms with Gasteiger partial charge in [-0.25, -0.2) is 0 Å². The maximum Gasteiger partial charge on any atom is 0.230 e. The number of carbonyl (C=O) groups excluding carboxylic acids is 1. The van der Waals surface area contributed by atoms with Crippen LogP contribution in [0.4, 0.5) is 0 Å². The van der Waals surface area contributed by atoms with Gasteiger partial charge in [-0.2, -0.15) is 0 Å². The minimum absolute atomic E-state index is 0.160. The van der Waals surface area contributed by atoms with E-state index in [0.717, 1.165) is 17.2 Å². The molecule has 1 N–H and O–H groups in total. The quantitative estimate of drug-likeness (QED) is 0.862. The first-order valence-corrected chi connectivity index (χ1v) is 9.21. The van der Waals surface area contributed by atoms with Crippen LogP contribution in [0.1, 0.15) is 38.7 Å². The predicted molar refractivity (Wildman–Crippen MR) is 91.7 cm³/mol. The number of benzene rings is 1. The fourth-order valence-corrected chi connectivity index (χ4v) is 3.92. The molecule has 1 aromatic rings. The molecule has 2 nitrogen and oxygen atoms in total. The summed E-state index contributed by atoms with van der Waals surface area (Å²) in [5.74, 6) is 2.80. The Labute approximate surface area is 137 Å². The van der Waals surface area contributed by atoms with Gasteiger partial charge in [-0.1, -0.05) is 50.4 Å². The van der Waals surface area contributed by atoms with Crippen LogP contribution < -0.4 is 5.32 Å². The lowest BCUT2D eigenvalue weighted by Crippen LogP contribution is -2.44. The van der Waals surface area contributed by atoms with Gasteiger partial charge in [0, 0.05) is 16.8 Å². The summed E-state index contributed by atoms with van der Waals surface area (Å²) in [7, 11) is 0. The summed E-state index contributed by atoms with van der Waals surface area (Å²) in [5, 5.41) is 3.96. The Morgan fingerprint density at radius 1 is 1.38 bits per heavy atom. The molecule has 0 spiro atoms. The molecule has 0 bridgehead atoms. The summed E-state index contributed by atoms with van der Waals surface area (Å²) in [5.41, 5.74) is 1.17. The molecule has 3 atom stereocenters. The van der Waals surface area contributed by atoms with Gasteiger partial charge in [0.05, 0.1) is 5.75 Å². The van der Waals surface area contributed by atoms with Crippen molar-refractivity contribution in [3.8, 4) is 0 Å². The van der Waals surface area contributed by atoms with Gasteiger partial charge in [0.25, 0.3) is 0 Å². The van der Waals surface area contributed by atoms with Gasteiger partial charge < -0.3 is 5.32 Å². The third-order valence-electron chi connectivity index (χ3n) is 4.44. The van der Waals surface area contributed by atoms with E-state index in [1.54, 1.807) is 11.8 Å². The highest BCUT2D eigenvalue weighted by Gasteiger charge is 2.27. The summed E-state index contributed by atoms with van der Waals surface area (Å²) in [6.45, 7) is 4.55. The molecule has 1 fully saturated rings. The lowest BCUT2D eigenvalue weighted by molar-refractivity contribution is -0.119. The first-order valence-electron chi connectivity index (χ1n) is 7.68. The van der Waals surface area contributed by atoms with Crippen molar-refractivity contribution in [2.45, 2.75) is 44.9 Å². The second-order valence-electron chi connectivity index (χ2n) is 6.06. The summed E-state index contributed by atoms with van der Waals surface area (Å²) in [4.78, 5) is 12.1. The molecule has 0 radical (unpaired) electrons. The normalized spacial score (nSPS) is 25.6. The molecule has 0 saturated heterocycles. The van der Waals surface area contributed by atoms with E-state index in [2.05, 4.69) is 19.2 Å². The smallest absolute Gasteiger partial charge is 0.230 e. The van der Waals surface area contributed by atoms with Gasteiger partial charge in [-0.05, 0) is 36.0 Å². The average Bonchev–Trinajstić information content (AvgIpc) is 2.44. The fraction of sp³-hybridized carbons (Fsp3) is 0.588. The van der Waals surface area contributed by atoms with Crippen molar-refractivity contribution in [3.63, 3.8) is 0 Å². The number of carbonyl (C=O) groups is 1. The van der Waals surface area contributed by atoms with Crippen LogP contribution in [0.25, 0.3) is 0 Å². The zero-order valence-electron chi connectivity index (χ0n) is 12.8. The molecule has 1 amide bonds. The van der Waals surface area contributed by atoms with Crippen LogP contribution >= 0.6 is 23.4 Å². The molecule has 21 heavy (non-hydrogen) atoms. The van der Waals surface area contributed by atoms with Crippen LogP contribution in [0.5, 0.6) is 0 Å². The van der Waals surface area contributed by atoms with E-state index in [0.29, 0.717) is 23.6 Å². The lowest BCUT2D eigenvalue weighted by atomic mass is 9.78. The molecular formula is C17H24ClNOS. The van der Waals surface area contributed by atoms with Crippen molar-refractivity contribution in [2.75, 3.05) is 5.75 Å². The Bertz CT molecular complexity index is 480. The van der Waals surface area contributed by atoms with Crippen LogP contribution in [-0.4, -0.2) is 17.7 Å². The first-order chi connectivity index (χ1) is 10.1. The van der Waals surface area contributed by atoms with Crippen molar-refractivity contribution in [3.05, 3.63) is 34.9 Å². The van der Waals surface area contributed by atoms with Gasteiger partial charge >= 0.3 is 0 Å². The number of amides is 1.